The zero-order chi connectivity index (χ0) is 33.4. The van der Waals surface area contributed by atoms with Crippen molar-refractivity contribution in [1.29, 1.82) is 0 Å². The fourth-order valence-corrected chi connectivity index (χ4v) is 8.53. The van der Waals surface area contributed by atoms with Gasteiger partial charge in [0.15, 0.2) is 11.6 Å². The van der Waals surface area contributed by atoms with Gasteiger partial charge in [0.1, 0.15) is 0 Å². The number of carbonyl (C=O) groups excluding carboxylic acids is 2. The first-order valence-corrected chi connectivity index (χ1v) is 17.2. The highest BCUT2D eigenvalue weighted by atomic mass is 16.2. The number of carbonyl (C=O) groups is 2. The van der Waals surface area contributed by atoms with E-state index < -0.39 is 0 Å². The third kappa shape index (κ3) is 4.21. The molecular formula is C46H35NO2. The van der Waals surface area contributed by atoms with Crippen LogP contribution in [0.5, 0.6) is 0 Å². The monoisotopic (exact) mass is 633 g/mol. The lowest BCUT2D eigenvalue weighted by Gasteiger charge is -2.46. The maximum atomic E-state index is 13.6. The largest absolute Gasteiger partial charge is 0.309 e. The molecule has 0 spiro atoms. The van der Waals surface area contributed by atoms with Gasteiger partial charge in [-0.3, -0.25) is 9.59 Å². The van der Waals surface area contributed by atoms with Crippen molar-refractivity contribution in [2.24, 2.45) is 0 Å². The van der Waals surface area contributed by atoms with Gasteiger partial charge in [0, 0.05) is 21.9 Å². The van der Waals surface area contributed by atoms with Crippen molar-refractivity contribution in [3.63, 3.8) is 0 Å². The van der Waals surface area contributed by atoms with Gasteiger partial charge in [0.2, 0.25) is 0 Å². The summed E-state index contributed by atoms with van der Waals surface area (Å²) >= 11 is 0. The standard InChI is InChI=1S/C46H35NO2/c1-4-46(5-2)39-16-10-11-17-41(39)47(43-28(3)18-20-30-12-8-9-15-35(30)43)42-27-33-21-19-29(22-34(33)26-40(42)46)23-38-44(48)36-24-31-13-6-7-14-32(31)25-37(36)45(38)49/h6-27H,4-5H2,1-3H3. The van der Waals surface area contributed by atoms with E-state index in [1.54, 1.807) is 6.08 Å². The van der Waals surface area contributed by atoms with Gasteiger partial charge >= 0.3 is 0 Å². The number of ketones is 2. The van der Waals surface area contributed by atoms with E-state index in [4.69, 9.17) is 0 Å². The fraction of sp³-hybridized carbons (Fsp3) is 0.130. The number of aryl methyl sites for hydroxylation is 1. The Hall–Kier alpha value is -5.80. The van der Waals surface area contributed by atoms with Crippen molar-refractivity contribution in [2.45, 2.75) is 39.0 Å². The van der Waals surface area contributed by atoms with Gasteiger partial charge < -0.3 is 4.90 Å². The highest BCUT2D eigenvalue weighted by Gasteiger charge is 2.42. The van der Waals surface area contributed by atoms with Crippen molar-refractivity contribution in [2.75, 3.05) is 4.90 Å². The molecule has 0 saturated heterocycles. The number of hydrogen-bond acceptors (Lipinski definition) is 3. The lowest BCUT2D eigenvalue weighted by Crippen LogP contribution is -2.35. The van der Waals surface area contributed by atoms with E-state index in [2.05, 4.69) is 111 Å². The molecule has 2 aliphatic rings. The van der Waals surface area contributed by atoms with Gasteiger partial charge in [-0.05, 0) is 111 Å². The fourth-order valence-electron chi connectivity index (χ4n) is 8.53. The Labute approximate surface area is 286 Å². The molecule has 236 valence electrons. The lowest BCUT2D eigenvalue weighted by molar-refractivity contribution is 0.0990. The SMILES string of the molecule is CCC1(CC)c2ccccc2N(c2c(C)ccc3ccccc23)c2cc3ccc(C=C4C(=O)c5cc6ccccc6cc5C4=O)cc3cc21. The molecule has 0 aromatic heterocycles. The van der Waals surface area contributed by atoms with Gasteiger partial charge in [0.05, 0.1) is 22.6 Å². The molecule has 49 heavy (non-hydrogen) atoms. The minimum absolute atomic E-state index is 0.176. The molecule has 0 radical (unpaired) electrons. The van der Waals surface area contributed by atoms with Crippen LogP contribution in [-0.2, 0) is 5.41 Å². The van der Waals surface area contributed by atoms with Crippen LogP contribution in [0.4, 0.5) is 17.1 Å². The molecular weight excluding hydrogens is 599 g/mol. The lowest BCUT2D eigenvalue weighted by atomic mass is 9.66. The molecule has 0 fully saturated rings. The smallest absolute Gasteiger partial charge is 0.197 e. The molecule has 9 rings (SSSR count). The van der Waals surface area contributed by atoms with Crippen LogP contribution in [0, 0.1) is 6.92 Å². The molecule has 1 aliphatic carbocycles. The van der Waals surface area contributed by atoms with Crippen molar-refractivity contribution in [3.05, 3.63) is 166 Å². The minimum Gasteiger partial charge on any atom is -0.309 e. The van der Waals surface area contributed by atoms with E-state index in [1.165, 1.54) is 44.5 Å². The van der Waals surface area contributed by atoms with E-state index in [-0.39, 0.29) is 22.6 Å². The van der Waals surface area contributed by atoms with Gasteiger partial charge in [0.25, 0.3) is 0 Å². The summed E-state index contributed by atoms with van der Waals surface area (Å²) in [6.07, 6.45) is 3.70. The summed E-state index contributed by atoms with van der Waals surface area (Å²) in [5.74, 6) is -0.407. The number of anilines is 3. The van der Waals surface area contributed by atoms with E-state index in [9.17, 15) is 9.59 Å². The third-order valence-corrected chi connectivity index (χ3v) is 11.1. The first-order chi connectivity index (χ1) is 23.9. The maximum absolute atomic E-state index is 13.6. The topological polar surface area (TPSA) is 37.4 Å². The molecule has 1 aliphatic heterocycles. The summed E-state index contributed by atoms with van der Waals surface area (Å²) in [6.45, 7) is 6.80. The number of allylic oxidation sites excluding steroid dienone is 1. The average Bonchev–Trinajstić information content (AvgIpc) is 3.36. The Morgan fingerprint density at radius 3 is 1.90 bits per heavy atom. The Morgan fingerprint density at radius 1 is 0.571 bits per heavy atom. The molecule has 7 aromatic rings. The molecule has 1 heterocycles. The second kappa shape index (κ2) is 10.9. The van der Waals surface area contributed by atoms with Crippen molar-refractivity contribution in [1.82, 2.24) is 0 Å². The van der Waals surface area contributed by atoms with Crippen molar-refractivity contribution >= 4 is 67.0 Å². The summed E-state index contributed by atoms with van der Waals surface area (Å²) in [7, 11) is 0. The second-order valence-corrected chi connectivity index (χ2v) is 13.5. The zero-order valence-corrected chi connectivity index (χ0v) is 27.9. The third-order valence-electron chi connectivity index (χ3n) is 11.1. The number of Topliss-reactive ketones (excluding diaryl/α,β-unsaturated/α-hetero) is 2. The predicted octanol–water partition coefficient (Wildman–Crippen LogP) is 11.8. The van der Waals surface area contributed by atoms with E-state index in [0.29, 0.717) is 11.1 Å². The summed E-state index contributed by atoms with van der Waals surface area (Å²) < 4.78 is 0. The zero-order valence-electron chi connectivity index (χ0n) is 27.9. The Balaban J connectivity index is 1.24. The molecule has 0 N–H and O–H groups in total. The highest BCUT2D eigenvalue weighted by molar-refractivity contribution is 6.42. The summed E-state index contributed by atoms with van der Waals surface area (Å²) in [5.41, 5.74) is 9.37. The number of fused-ring (bicyclic) bond motifs is 6. The summed E-state index contributed by atoms with van der Waals surface area (Å²) in [6, 6.07) is 44.6. The summed E-state index contributed by atoms with van der Waals surface area (Å²) in [4.78, 5) is 29.7. The van der Waals surface area contributed by atoms with Crippen LogP contribution in [0.25, 0.3) is 38.4 Å². The summed E-state index contributed by atoms with van der Waals surface area (Å²) in [5, 5.41) is 6.57. The number of hydrogen-bond donors (Lipinski definition) is 0. The second-order valence-electron chi connectivity index (χ2n) is 13.5. The average molecular weight is 634 g/mol. The molecule has 0 unspecified atom stereocenters. The Kier molecular flexibility index (Phi) is 6.51. The quantitative estimate of drug-likeness (QED) is 0.143. The van der Waals surface area contributed by atoms with Gasteiger partial charge in [-0.2, -0.15) is 0 Å². The van der Waals surface area contributed by atoms with Crippen LogP contribution in [0.1, 0.15) is 69.7 Å². The van der Waals surface area contributed by atoms with Crippen LogP contribution in [0.3, 0.4) is 0 Å². The molecule has 3 heteroatoms. The molecule has 0 saturated carbocycles. The van der Waals surface area contributed by atoms with Crippen LogP contribution in [0.2, 0.25) is 0 Å². The molecule has 3 nitrogen and oxygen atoms in total. The van der Waals surface area contributed by atoms with Crippen LogP contribution in [-0.4, -0.2) is 11.6 Å². The van der Waals surface area contributed by atoms with Gasteiger partial charge in [-0.15, -0.1) is 0 Å². The Morgan fingerprint density at radius 2 is 1.18 bits per heavy atom. The Bertz CT molecular complexity index is 2530. The number of benzene rings is 7. The number of rotatable bonds is 4. The van der Waals surface area contributed by atoms with Crippen molar-refractivity contribution in [3.8, 4) is 0 Å². The first kappa shape index (κ1) is 29.3. The van der Waals surface area contributed by atoms with E-state index in [0.717, 1.165) is 39.9 Å². The molecule has 0 bridgehead atoms. The maximum Gasteiger partial charge on any atom is 0.197 e. The van der Waals surface area contributed by atoms with Crippen LogP contribution < -0.4 is 4.90 Å². The minimum atomic E-state index is -0.204. The van der Waals surface area contributed by atoms with Gasteiger partial charge in [-0.25, -0.2) is 0 Å². The van der Waals surface area contributed by atoms with Crippen LogP contribution in [0.15, 0.2) is 133 Å². The highest BCUT2D eigenvalue weighted by Crippen LogP contribution is 2.57. The van der Waals surface area contributed by atoms with Crippen molar-refractivity contribution < 1.29 is 9.59 Å². The number of para-hydroxylation sites is 1. The van der Waals surface area contributed by atoms with Crippen LogP contribution >= 0.6 is 0 Å². The predicted molar refractivity (Wildman–Crippen MR) is 203 cm³/mol. The first-order valence-electron chi connectivity index (χ1n) is 17.2. The van der Waals surface area contributed by atoms with E-state index >= 15 is 0 Å². The normalized spacial score (nSPS) is 14.8. The molecule has 0 amide bonds. The molecule has 0 atom stereocenters. The van der Waals surface area contributed by atoms with E-state index in [1.807, 2.05) is 42.5 Å². The number of nitrogens with zero attached hydrogens (tertiary/aromatic N) is 1. The van der Waals surface area contributed by atoms with Gasteiger partial charge in [-0.1, -0.05) is 105 Å². The molecule has 7 aromatic carbocycles.